The molecule has 2 aromatic heterocycles. The molecule has 2 heterocycles. The molecule has 28 heavy (non-hydrogen) atoms. The third-order valence-corrected chi connectivity index (χ3v) is 6.68. The molecule has 0 spiro atoms. The minimum atomic E-state index is -3.46. The second kappa shape index (κ2) is 9.46. The van der Waals surface area contributed by atoms with Gasteiger partial charge in [-0.2, -0.15) is 0 Å². The lowest BCUT2D eigenvalue weighted by atomic mass is 10.1. The minimum absolute atomic E-state index is 0.401. The molecule has 0 fully saturated rings. The number of rotatable bonds is 10. The summed E-state index contributed by atoms with van der Waals surface area (Å²) in [7, 11) is -1.61. The van der Waals surface area contributed by atoms with Crippen molar-refractivity contribution in [2.45, 2.75) is 39.5 Å². The van der Waals surface area contributed by atoms with E-state index in [-0.39, 0.29) is 0 Å². The van der Waals surface area contributed by atoms with E-state index in [2.05, 4.69) is 23.8 Å². The van der Waals surface area contributed by atoms with Crippen molar-refractivity contribution >= 4 is 24.1 Å². The lowest BCUT2D eigenvalue weighted by molar-refractivity contribution is 0.207. The average molecular weight is 401 g/mol. The number of aromatic nitrogens is 3. The van der Waals surface area contributed by atoms with E-state index in [9.17, 15) is 4.57 Å². The van der Waals surface area contributed by atoms with E-state index < -0.39 is 7.60 Å². The topological polar surface area (TPSA) is 66.2 Å². The van der Waals surface area contributed by atoms with E-state index in [1.807, 2.05) is 48.0 Å². The van der Waals surface area contributed by atoms with Gasteiger partial charge < -0.3 is 13.6 Å². The predicted octanol–water partition coefficient (Wildman–Crippen LogP) is 5.09. The van der Waals surface area contributed by atoms with Gasteiger partial charge in [0.15, 0.2) is 0 Å². The van der Waals surface area contributed by atoms with Gasteiger partial charge in [-0.1, -0.05) is 57.0 Å². The van der Waals surface area contributed by atoms with Crippen LogP contribution in [0.2, 0.25) is 0 Å². The van der Waals surface area contributed by atoms with Gasteiger partial charge in [-0.25, -0.2) is 9.97 Å². The molecule has 1 aromatic carbocycles. The fourth-order valence-electron chi connectivity index (χ4n) is 3.04. The van der Waals surface area contributed by atoms with Gasteiger partial charge in [0, 0.05) is 18.0 Å². The maximum atomic E-state index is 13.7. The third kappa shape index (κ3) is 4.35. The monoisotopic (exact) mass is 401 g/mol. The molecule has 0 saturated carbocycles. The van der Waals surface area contributed by atoms with Crippen LogP contribution in [-0.2, 0) is 20.7 Å². The molecule has 3 aromatic rings. The highest BCUT2D eigenvalue weighted by molar-refractivity contribution is 7.62. The van der Waals surface area contributed by atoms with Gasteiger partial charge in [0.05, 0.1) is 18.9 Å². The van der Waals surface area contributed by atoms with Crippen molar-refractivity contribution in [3.05, 3.63) is 42.7 Å². The summed E-state index contributed by atoms with van der Waals surface area (Å²) < 4.78 is 27.1. The summed E-state index contributed by atoms with van der Waals surface area (Å²) >= 11 is 0. The molecule has 6 nitrogen and oxygen atoms in total. The first-order chi connectivity index (χ1) is 13.6. The van der Waals surface area contributed by atoms with Crippen molar-refractivity contribution in [1.82, 2.24) is 14.5 Å². The maximum Gasteiger partial charge on any atom is 0.377 e. The Morgan fingerprint density at radius 1 is 1.00 bits per heavy atom. The van der Waals surface area contributed by atoms with Gasteiger partial charge in [0.2, 0.25) is 0 Å². The Morgan fingerprint density at radius 3 is 2.25 bits per heavy atom. The Morgan fingerprint density at radius 2 is 1.64 bits per heavy atom. The SMILES string of the molecule is CCCCOP(=O)(OCCCC)c1cc2c(-c3ccccc3)ncnc2n1C. The highest BCUT2D eigenvalue weighted by Gasteiger charge is 2.32. The van der Waals surface area contributed by atoms with Gasteiger partial charge in [-0.05, 0) is 18.9 Å². The molecular weight excluding hydrogens is 373 g/mol. The molecule has 0 radical (unpaired) electrons. The normalized spacial score (nSPS) is 12.0. The summed E-state index contributed by atoms with van der Waals surface area (Å²) in [5.74, 6) is 0. The zero-order valence-corrected chi connectivity index (χ0v) is 17.7. The quantitative estimate of drug-likeness (QED) is 0.350. The summed E-state index contributed by atoms with van der Waals surface area (Å²) in [6, 6.07) is 11.8. The Hall–Kier alpha value is -2.01. The average Bonchev–Trinajstić information content (AvgIpc) is 3.07. The Kier molecular flexibility index (Phi) is 7.00. The van der Waals surface area contributed by atoms with Crippen molar-refractivity contribution in [1.29, 1.82) is 0 Å². The van der Waals surface area contributed by atoms with E-state index >= 15 is 0 Å². The van der Waals surface area contributed by atoms with E-state index in [1.54, 1.807) is 0 Å². The molecule has 0 amide bonds. The molecule has 0 unspecified atom stereocenters. The Balaban J connectivity index is 2.06. The highest BCUT2D eigenvalue weighted by atomic mass is 31.2. The molecule has 0 aliphatic rings. The van der Waals surface area contributed by atoms with Crippen molar-refractivity contribution in [2.24, 2.45) is 7.05 Å². The van der Waals surface area contributed by atoms with Crippen LogP contribution < -0.4 is 5.44 Å². The highest BCUT2D eigenvalue weighted by Crippen LogP contribution is 2.48. The second-order valence-corrected chi connectivity index (χ2v) is 8.73. The van der Waals surface area contributed by atoms with Crippen LogP contribution in [0.5, 0.6) is 0 Å². The molecule has 150 valence electrons. The number of fused-ring (bicyclic) bond motifs is 1. The second-order valence-electron chi connectivity index (χ2n) is 6.76. The van der Waals surface area contributed by atoms with Gasteiger partial charge >= 0.3 is 7.60 Å². The van der Waals surface area contributed by atoms with Gasteiger partial charge in [-0.15, -0.1) is 0 Å². The lowest BCUT2D eigenvalue weighted by Crippen LogP contribution is -2.18. The fourth-order valence-corrected chi connectivity index (χ4v) is 4.86. The molecule has 0 bridgehead atoms. The van der Waals surface area contributed by atoms with Gasteiger partial charge in [0.1, 0.15) is 17.4 Å². The van der Waals surface area contributed by atoms with Crippen LogP contribution in [0.15, 0.2) is 42.7 Å². The van der Waals surface area contributed by atoms with Crippen molar-refractivity contribution in [2.75, 3.05) is 13.2 Å². The largest absolute Gasteiger partial charge is 0.377 e. The Bertz CT molecular complexity index is 942. The summed E-state index contributed by atoms with van der Waals surface area (Å²) in [5, 5.41) is 0.838. The number of hydrogen-bond acceptors (Lipinski definition) is 5. The maximum absolute atomic E-state index is 13.7. The molecule has 0 atom stereocenters. The summed E-state index contributed by atoms with van der Waals surface area (Å²) in [5.41, 5.74) is 3.02. The molecule has 0 N–H and O–H groups in total. The van der Waals surface area contributed by atoms with E-state index in [4.69, 9.17) is 9.05 Å². The number of aryl methyl sites for hydroxylation is 1. The first kappa shape index (κ1) is 20.7. The van der Waals surface area contributed by atoms with Crippen LogP contribution in [0.3, 0.4) is 0 Å². The molecule has 7 heteroatoms. The fraction of sp³-hybridized carbons (Fsp3) is 0.429. The summed E-state index contributed by atoms with van der Waals surface area (Å²) in [6.07, 6.45) is 5.14. The molecule has 0 aliphatic heterocycles. The van der Waals surface area contributed by atoms with E-state index in [0.717, 1.165) is 42.3 Å². The summed E-state index contributed by atoms with van der Waals surface area (Å²) in [4.78, 5) is 8.88. The molecular formula is C21H28N3O3P. The first-order valence-corrected chi connectivity index (χ1v) is 11.4. The van der Waals surface area contributed by atoms with Crippen LogP contribution in [0.1, 0.15) is 39.5 Å². The van der Waals surface area contributed by atoms with Gasteiger partial charge in [0.25, 0.3) is 0 Å². The number of hydrogen-bond donors (Lipinski definition) is 0. The number of unbranched alkanes of at least 4 members (excludes halogenated alkanes) is 2. The van der Waals surface area contributed by atoms with Crippen molar-refractivity contribution < 1.29 is 13.6 Å². The molecule has 3 rings (SSSR count). The first-order valence-electron chi connectivity index (χ1n) is 9.86. The van der Waals surface area contributed by atoms with Crippen LogP contribution in [0.4, 0.5) is 0 Å². The smallest absolute Gasteiger partial charge is 0.322 e. The zero-order valence-electron chi connectivity index (χ0n) is 16.8. The van der Waals surface area contributed by atoms with Crippen molar-refractivity contribution in [3.8, 4) is 11.3 Å². The third-order valence-electron chi connectivity index (χ3n) is 4.64. The molecule has 0 aliphatic carbocycles. The van der Waals surface area contributed by atoms with Crippen molar-refractivity contribution in [3.63, 3.8) is 0 Å². The van der Waals surface area contributed by atoms with Crippen LogP contribution >= 0.6 is 7.60 Å². The van der Waals surface area contributed by atoms with E-state index in [0.29, 0.717) is 24.3 Å². The predicted molar refractivity (Wildman–Crippen MR) is 113 cm³/mol. The minimum Gasteiger partial charge on any atom is -0.322 e. The van der Waals surface area contributed by atoms with Gasteiger partial charge in [-0.3, -0.25) is 4.57 Å². The molecule has 0 saturated heterocycles. The summed E-state index contributed by atoms with van der Waals surface area (Å²) in [6.45, 7) is 4.95. The number of benzene rings is 1. The number of nitrogens with zero attached hydrogens (tertiary/aromatic N) is 3. The van der Waals surface area contributed by atoms with Crippen LogP contribution in [0, 0.1) is 0 Å². The van der Waals surface area contributed by atoms with Crippen LogP contribution in [0.25, 0.3) is 22.3 Å². The van der Waals surface area contributed by atoms with Crippen LogP contribution in [-0.4, -0.2) is 27.7 Å². The Labute approximate surface area is 166 Å². The van der Waals surface area contributed by atoms with E-state index in [1.165, 1.54) is 6.33 Å². The standard InChI is InChI=1S/C21H28N3O3P/c1-4-6-13-26-28(25,27-14-7-5-2)19-15-18-20(17-11-9-8-10-12-17)22-16-23-21(18)24(19)3/h8-12,15-16H,4-7,13-14H2,1-3H3. The lowest BCUT2D eigenvalue weighted by Gasteiger charge is -2.19. The zero-order chi connectivity index (χ0) is 20.0.